The Labute approximate surface area is 144 Å². The van der Waals surface area contributed by atoms with Crippen LogP contribution in [0.3, 0.4) is 0 Å². The topological polar surface area (TPSA) is 49.4 Å². The van der Waals surface area contributed by atoms with Crippen LogP contribution in [0.1, 0.15) is 18.9 Å². The van der Waals surface area contributed by atoms with Crippen molar-refractivity contribution in [2.45, 2.75) is 25.9 Å². The summed E-state index contributed by atoms with van der Waals surface area (Å²) in [5.74, 6) is 0.136. The fourth-order valence-electron chi connectivity index (χ4n) is 3.23. The minimum Gasteiger partial charge on any atom is -0.315 e. The van der Waals surface area contributed by atoms with Crippen LogP contribution in [0.2, 0.25) is 0 Å². The molecule has 0 aromatic heterocycles. The van der Waals surface area contributed by atoms with Crippen LogP contribution in [0.25, 0.3) is 11.1 Å². The van der Waals surface area contributed by atoms with Gasteiger partial charge in [-0.15, -0.1) is 0 Å². The molecule has 128 valence electrons. The zero-order chi connectivity index (χ0) is 17.0. The lowest BCUT2D eigenvalue weighted by molar-refractivity contribution is 0.329. The first-order valence-corrected chi connectivity index (χ1v) is 10.1. The molecule has 0 radical (unpaired) electrons. The van der Waals surface area contributed by atoms with Crippen LogP contribution in [0.15, 0.2) is 54.6 Å². The second-order valence-electron chi connectivity index (χ2n) is 6.12. The maximum Gasteiger partial charge on any atom is 0.214 e. The molecule has 24 heavy (non-hydrogen) atoms. The summed E-state index contributed by atoms with van der Waals surface area (Å²) in [4.78, 5) is 0. The summed E-state index contributed by atoms with van der Waals surface area (Å²) in [6, 6.07) is 18.2. The van der Waals surface area contributed by atoms with Crippen molar-refractivity contribution in [2.75, 3.05) is 18.8 Å². The standard InChI is InChI=1S/C19H24N2O2S/c1-2-24(22,23)21(18-12-13-20-14-18)15-17-10-6-7-11-19(17)16-8-4-3-5-9-16/h3-11,18,20H,2,12-15H2,1H3/t18-/m0/s1. The molecule has 1 aliphatic rings. The van der Waals surface area contributed by atoms with Crippen molar-refractivity contribution >= 4 is 10.0 Å². The molecule has 0 unspecified atom stereocenters. The molecule has 5 heteroatoms. The molecule has 3 rings (SSSR count). The third kappa shape index (κ3) is 3.69. The summed E-state index contributed by atoms with van der Waals surface area (Å²) in [7, 11) is -3.25. The Kier molecular flexibility index (Phi) is 5.33. The summed E-state index contributed by atoms with van der Waals surface area (Å²) in [5.41, 5.74) is 3.26. The van der Waals surface area contributed by atoms with Crippen LogP contribution in [0.5, 0.6) is 0 Å². The van der Waals surface area contributed by atoms with Gasteiger partial charge in [-0.25, -0.2) is 8.42 Å². The van der Waals surface area contributed by atoms with E-state index in [4.69, 9.17) is 0 Å². The Balaban J connectivity index is 1.96. The van der Waals surface area contributed by atoms with Gasteiger partial charge >= 0.3 is 0 Å². The number of rotatable bonds is 6. The van der Waals surface area contributed by atoms with Crippen LogP contribution in [-0.4, -0.2) is 37.6 Å². The summed E-state index contributed by atoms with van der Waals surface area (Å²) < 4.78 is 27.0. The van der Waals surface area contributed by atoms with E-state index in [9.17, 15) is 8.42 Å². The lowest BCUT2D eigenvalue weighted by atomic mass is 9.99. The molecule has 0 saturated carbocycles. The van der Waals surface area contributed by atoms with E-state index >= 15 is 0 Å². The third-order valence-electron chi connectivity index (χ3n) is 4.59. The quantitative estimate of drug-likeness (QED) is 0.877. The average Bonchev–Trinajstić information content (AvgIpc) is 3.14. The van der Waals surface area contributed by atoms with Crippen molar-refractivity contribution in [3.63, 3.8) is 0 Å². The van der Waals surface area contributed by atoms with Gasteiger partial charge in [-0.05, 0) is 36.6 Å². The second-order valence-corrected chi connectivity index (χ2v) is 8.33. The molecule has 2 aromatic carbocycles. The van der Waals surface area contributed by atoms with Crippen LogP contribution < -0.4 is 5.32 Å². The highest BCUT2D eigenvalue weighted by Gasteiger charge is 2.31. The molecular weight excluding hydrogens is 320 g/mol. The predicted molar refractivity (Wildman–Crippen MR) is 98.2 cm³/mol. The van der Waals surface area contributed by atoms with E-state index in [1.54, 1.807) is 11.2 Å². The van der Waals surface area contributed by atoms with E-state index in [1.165, 1.54) is 0 Å². The molecule has 1 saturated heterocycles. The van der Waals surface area contributed by atoms with Gasteiger partial charge in [0.25, 0.3) is 0 Å². The summed E-state index contributed by atoms with van der Waals surface area (Å²) in [6.45, 7) is 3.74. The van der Waals surface area contributed by atoms with E-state index in [2.05, 4.69) is 23.5 Å². The molecular formula is C19H24N2O2S. The van der Waals surface area contributed by atoms with Crippen molar-refractivity contribution in [3.05, 3.63) is 60.2 Å². The van der Waals surface area contributed by atoms with Crippen molar-refractivity contribution in [2.24, 2.45) is 0 Å². The molecule has 0 spiro atoms. The molecule has 2 aromatic rings. The smallest absolute Gasteiger partial charge is 0.214 e. The lowest BCUT2D eigenvalue weighted by Crippen LogP contribution is -2.41. The van der Waals surface area contributed by atoms with Gasteiger partial charge in [-0.2, -0.15) is 4.31 Å². The van der Waals surface area contributed by atoms with E-state index in [0.717, 1.165) is 36.2 Å². The molecule has 0 amide bonds. The largest absolute Gasteiger partial charge is 0.315 e. The van der Waals surface area contributed by atoms with Gasteiger partial charge in [0, 0.05) is 19.1 Å². The Morgan fingerprint density at radius 2 is 1.79 bits per heavy atom. The second kappa shape index (κ2) is 7.47. The van der Waals surface area contributed by atoms with Crippen molar-refractivity contribution < 1.29 is 8.42 Å². The normalized spacial score (nSPS) is 18.2. The maximum absolute atomic E-state index is 12.6. The lowest BCUT2D eigenvalue weighted by Gasteiger charge is -2.28. The molecule has 1 fully saturated rings. The van der Waals surface area contributed by atoms with Crippen molar-refractivity contribution in [3.8, 4) is 11.1 Å². The van der Waals surface area contributed by atoms with Crippen LogP contribution in [-0.2, 0) is 16.6 Å². The minimum atomic E-state index is -3.25. The zero-order valence-corrected chi connectivity index (χ0v) is 14.8. The number of benzene rings is 2. The van der Waals surface area contributed by atoms with Gasteiger partial charge in [0.2, 0.25) is 10.0 Å². The number of hydrogen-bond acceptors (Lipinski definition) is 3. The Morgan fingerprint density at radius 3 is 2.46 bits per heavy atom. The summed E-state index contributed by atoms with van der Waals surface area (Å²) in [6.07, 6.45) is 0.868. The Morgan fingerprint density at radius 1 is 1.08 bits per heavy atom. The van der Waals surface area contributed by atoms with Gasteiger partial charge in [0.15, 0.2) is 0 Å². The van der Waals surface area contributed by atoms with Crippen LogP contribution in [0.4, 0.5) is 0 Å². The van der Waals surface area contributed by atoms with E-state index in [1.807, 2.05) is 36.4 Å². The van der Waals surface area contributed by atoms with Gasteiger partial charge in [-0.1, -0.05) is 54.6 Å². The SMILES string of the molecule is CCS(=O)(=O)N(Cc1ccccc1-c1ccccc1)[C@H]1CCNC1. The molecule has 0 bridgehead atoms. The molecule has 4 nitrogen and oxygen atoms in total. The fraction of sp³-hybridized carbons (Fsp3) is 0.368. The third-order valence-corrected chi connectivity index (χ3v) is 6.46. The number of nitrogens with zero attached hydrogens (tertiary/aromatic N) is 1. The van der Waals surface area contributed by atoms with Crippen LogP contribution in [0, 0.1) is 0 Å². The number of nitrogens with one attached hydrogen (secondary N) is 1. The summed E-state index contributed by atoms with van der Waals surface area (Å²) in [5, 5.41) is 3.27. The Hall–Kier alpha value is -1.69. The highest BCUT2D eigenvalue weighted by molar-refractivity contribution is 7.89. The molecule has 1 atom stereocenters. The van der Waals surface area contributed by atoms with Gasteiger partial charge < -0.3 is 5.32 Å². The molecule has 1 N–H and O–H groups in total. The predicted octanol–water partition coefficient (Wildman–Crippen LogP) is 2.87. The molecule has 0 aliphatic carbocycles. The zero-order valence-electron chi connectivity index (χ0n) is 14.0. The highest BCUT2D eigenvalue weighted by Crippen LogP contribution is 2.27. The van der Waals surface area contributed by atoms with E-state index < -0.39 is 10.0 Å². The van der Waals surface area contributed by atoms with Crippen LogP contribution >= 0.6 is 0 Å². The average molecular weight is 344 g/mol. The fourth-order valence-corrected chi connectivity index (χ4v) is 4.53. The maximum atomic E-state index is 12.6. The minimum absolute atomic E-state index is 0.0405. The van der Waals surface area contributed by atoms with E-state index in [-0.39, 0.29) is 11.8 Å². The first kappa shape index (κ1) is 17.1. The Bertz CT molecular complexity index is 769. The van der Waals surface area contributed by atoms with Crippen molar-refractivity contribution in [1.29, 1.82) is 0 Å². The number of sulfonamides is 1. The molecule has 1 heterocycles. The van der Waals surface area contributed by atoms with Gasteiger partial charge in [0.1, 0.15) is 0 Å². The molecule has 1 aliphatic heterocycles. The summed E-state index contributed by atoms with van der Waals surface area (Å²) >= 11 is 0. The first-order chi connectivity index (χ1) is 11.6. The van der Waals surface area contributed by atoms with Crippen molar-refractivity contribution in [1.82, 2.24) is 9.62 Å². The first-order valence-electron chi connectivity index (χ1n) is 8.45. The van der Waals surface area contributed by atoms with Gasteiger partial charge in [0.05, 0.1) is 5.75 Å². The highest BCUT2D eigenvalue weighted by atomic mass is 32.2. The monoisotopic (exact) mass is 344 g/mol. The van der Waals surface area contributed by atoms with E-state index in [0.29, 0.717) is 6.54 Å². The van der Waals surface area contributed by atoms with Gasteiger partial charge in [-0.3, -0.25) is 0 Å². The number of hydrogen-bond donors (Lipinski definition) is 1.